The van der Waals surface area contributed by atoms with Gasteiger partial charge in [0, 0.05) is 29.0 Å². The van der Waals surface area contributed by atoms with Gasteiger partial charge in [-0.25, -0.2) is 14.2 Å². The summed E-state index contributed by atoms with van der Waals surface area (Å²) in [6.07, 6.45) is 2.07. The summed E-state index contributed by atoms with van der Waals surface area (Å²) in [5.74, 6) is -1.27. The maximum absolute atomic E-state index is 15.0. The van der Waals surface area contributed by atoms with Gasteiger partial charge in [0.1, 0.15) is 12.4 Å². The molecule has 1 aliphatic carbocycles. The third-order valence-corrected chi connectivity index (χ3v) is 8.32. The van der Waals surface area contributed by atoms with Crippen molar-refractivity contribution in [2.45, 2.75) is 70.7 Å². The Kier molecular flexibility index (Phi) is 5.66. The number of nitrogens with two attached hydrogens (primary N) is 1. The molecule has 2 aliphatic heterocycles. The second-order valence-electron chi connectivity index (χ2n) is 10.4. The van der Waals surface area contributed by atoms with Crippen LogP contribution in [0.4, 0.5) is 4.39 Å². The molecule has 1 amide bonds. The number of halogens is 1. The minimum absolute atomic E-state index is 0.0374. The van der Waals surface area contributed by atoms with E-state index in [0.717, 1.165) is 22.1 Å². The number of aromatic nitrogens is 2. The van der Waals surface area contributed by atoms with Gasteiger partial charge < -0.3 is 25.5 Å². The van der Waals surface area contributed by atoms with E-state index in [-0.39, 0.29) is 54.0 Å². The van der Waals surface area contributed by atoms with Gasteiger partial charge >= 0.3 is 5.97 Å². The van der Waals surface area contributed by atoms with E-state index < -0.39 is 11.6 Å². The molecule has 0 fully saturated rings. The maximum Gasteiger partial charge on any atom is 0.343 e. The molecule has 3 aromatic rings. The summed E-state index contributed by atoms with van der Waals surface area (Å²) in [7, 11) is 0. The summed E-state index contributed by atoms with van der Waals surface area (Å²) in [6.45, 7) is 3.79. The van der Waals surface area contributed by atoms with Gasteiger partial charge in [0.2, 0.25) is 5.91 Å². The number of rotatable bonds is 5. The van der Waals surface area contributed by atoms with Crippen molar-refractivity contribution in [1.29, 1.82) is 0 Å². The molecule has 0 spiro atoms. The van der Waals surface area contributed by atoms with Crippen LogP contribution in [0.1, 0.15) is 72.0 Å². The first-order chi connectivity index (χ1) is 18.2. The van der Waals surface area contributed by atoms with Crippen molar-refractivity contribution in [3.63, 3.8) is 0 Å². The lowest BCUT2D eigenvalue weighted by Gasteiger charge is -2.31. The number of benzene rings is 1. The third-order valence-electron chi connectivity index (χ3n) is 8.32. The van der Waals surface area contributed by atoms with Crippen LogP contribution < -0.4 is 16.6 Å². The Balaban J connectivity index is 1.60. The first-order valence-electron chi connectivity index (χ1n) is 13.0. The van der Waals surface area contributed by atoms with Crippen LogP contribution >= 0.6 is 0 Å². The summed E-state index contributed by atoms with van der Waals surface area (Å²) < 4.78 is 21.7. The number of fused-ring (bicyclic) bond motifs is 5. The molecule has 2 aromatic heterocycles. The minimum atomic E-state index is -1.94. The van der Waals surface area contributed by atoms with E-state index in [1.165, 1.54) is 6.07 Å². The standard InChI is InChI=1S/C28H29FN4O5/c1-3-28(37)17-9-21-25-15(11-33(21)26(35)16(17)12-38-27(28)36)24-19(31-22(34)5-4-8-30)7-6-14-13(2)18(29)10-20(32-25)23(14)24/h9-10,19,37H,3-8,11-12,30H2,1-2H3,(H,31,34)/t19-,28-/m0/s1. The lowest BCUT2D eigenvalue weighted by atomic mass is 9.81. The van der Waals surface area contributed by atoms with E-state index in [1.807, 2.05) is 0 Å². The van der Waals surface area contributed by atoms with Crippen LogP contribution in [-0.4, -0.2) is 33.1 Å². The molecule has 4 N–H and O–H groups in total. The molecule has 0 bridgehead atoms. The number of aliphatic hydroxyl groups is 1. The maximum atomic E-state index is 15.0. The average Bonchev–Trinajstić information content (AvgIpc) is 3.27. The zero-order valence-electron chi connectivity index (χ0n) is 21.3. The molecule has 0 saturated heterocycles. The number of carbonyl (C=O) groups excluding carboxylic acids is 2. The number of cyclic esters (lactones) is 1. The molecule has 0 saturated carbocycles. The predicted molar refractivity (Wildman–Crippen MR) is 137 cm³/mol. The second-order valence-corrected chi connectivity index (χ2v) is 10.4. The SMILES string of the molecule is CC[C@@]1(O)C(=O)OCc2c1cc1n(c2=O)Cc2c-1nc1cc(F)c(C)c3c1c2[C@@H](NC(=O)CCCN)CC3. The van der Waals surface area contributed by atoms with Gasteiger partial charge in [-0.15, -0.1) is 0 Å². The number of hydrogen-bond acceptors (Lipinski definition) is 7. The zero-order valence-corrected chi connectivity index (χ0v) is 21.3. The van der Waals surface area contributed by atoms with Crippen molar-refractivity contribution in [2.24, 2.45) is 5.73 Å². The van der Waals surface area contributed by atoms with Crippen molar-refractivity contribution in [3.8, 4) is 11.4 Å². The minimum Gasteiger partial charge on any atom is -0.458 e. The Morgan fingerprint density at radius 3 is 2.84 bits per heavy atom. The number of aryl methyl sites for hydroxylation is 1. The topological polar surface area (TPSA) is 137 Å². The highest BCUT2D eigenvalue weighted by molar-refractivity contribution is 5.94. The second kappa shape index (κ2) is 8.71. The summed E-state index contributed by atoms with van der Waals surface area (Å²) in [4.78, 5) is 43.7. The average molecular weight is 521 g/mol. The van der Waals surface area contributed by atoms with Crippen molar-refractivity contribution < 1.29 is 23.8 Å². The number of esters is 1. The highest BCUT2D eigenvalue weighted by Crippen LogP contribution is 2.45. The van der Waals surface area contributed by atoms with E-state index >= 15 is 0 Å². The lowest BCUT2D eigenvalue weighted by molar-refractivity contribution is -0.172. The quantitative estimate of drug-likeness (QED) is 0.344. The fraction of sp³-hybridized carbons (Fsp3) is 0.429. The Morgan fingerprint density at radius 1 is 1.32 bits per heavy atom. The summed E-state index contributed by atoms with van der Waals surface area (Å²) >= 11 is 0. The molecule has 198 valence electrons. The molecule has 38 heavy (non-hydrogen) atoms. The van der Waals surface area contributed by atoms with Gasteiger partial charge in [0.15, 0.2) is 5.60 Å². The number of ether oxygens (including phenoxy) is 1. The fourth-order valence-electron chi connectivity index (χ4n) is 6.23. The van der Waals surface area contributed by atoms with Crippen LogP contribution in [-0.2, 0) is 39.5 Å². The van der Waals surface area contributed by atoms with Crippen LogP contribution in [0.2, 0.25) is 0 Å². The number of nitrogens with zero attached hydrogens (tertiary/aromatic N) is 2. The van der Waals surface area contributed by atoms with Crippen molar-refractivity contribution in [2.75, 3.05) is 6.54 Å². The summed E-state index contributed by atoms with van der Waals surface area (Å²) in [6, 6.07) is 2.70. The fourth-order valence-corrected chi connectivity index (χ4v) is 6.23. The molecule has 9 nitrogen and oxygen atoms in total. The number of hydrogen-bond donors (Lipinski definition) is 3. The molecule has 2 atom stereocenters. The first kappa shape index (κ1) is 24.7. The Labute approximate surface area is 217 Å². The molecular weight excluding hydrogens is 491 g/mol. The molecule has 0 unspecified atom stereocenters. The van der Waals surface area contributed by atoms with E-state index in [1.54, 1.807) is 24.5 Å². The van der Waals surface area contributed by atoms with Crippen LogP contribution in [0, 0.1) is 12.7 Å². The number of nitrogens with one attached hydrogen (secondary N) is 1. The Hall–Kier alpha value is -3.63. The van der Waals surface area contributed by atoms with Gasteiger partial charge in [-0.3, -0.25) is 9.59 Å². The van der Waals surface area contributed by atoms with Crippen molar-refractivity contribution in [3.05, 3.63) is 61.7 Å². The van der Waals surface area contributed by atoms with Gasteiger partial charge in [-0.1, -0.05) is 6.92 Å². The van der Waals surface area contributed by atoms with Crippen LogP contribution in [0.3, 0.4) is 0 Å². The number of amides is 1. The molecule has 1 aromatic carbocycles. The van der Waals surface area contributed by atoms with Crippen molar-refractivity contribution in [1.82, 2.24) is 14.9 Å². The van der Waals surface area contributed by atoms with E-state index in [4.69, 9.17) is 15.5 Å². The van der Waals surface area contributed by atoms with E-state index in [0.29, 0.717) is 54.7 Å². The molecule has 6 rings (SSSR count). The van der Waals surface area contributed by atoms with Gasteiger partial charge in [0.05, 0.1) is 35.1 Å². The Morgan fingerprint density at radius 2 is 2.11 bits per heavy atom. The van der Waals surface area contributed by atoms with Gasteiger partial charge in [-0.05, 0) is 61.9 Å². The third kappa shape index (κ3) is 3.36. The first-order valence-corrected chi connectivity index (χ1v) is 13.0. The van der Waals surface area contributed by atoms with Crippen LogP contribution in [0.5, 0.6) is 0 Å². The zero-order chi connectivity index (χ0) is 26.9. The largest absolute Gasteiger partial charge is 0.458 e. The number of carbonyl (C=O) groups is 2. The van der Waals surface area contributed by atoms with Gasteiger partial charge in [0.25, 0.3) is 5.56 Å². The molecule has 4 heterocycles. The van der Waals surface area contributed by atoms with Crippen molar-refractivity contribution >= 4 is 22.8 Å². The monoisotopic (exact) mass is 520 g/mol. The smallest absolute Gasteiger partial charge is 0.343 e. The molecule has 10 heteroatoms. The molecular formula is C28H29FN4O5. The Bertz CT molecular complexity index is 1610. The lowest BCUT2D eigenvalue weighted by Crippen LogP contribution is -2.44. The number of pyridine rings is 2. The van der Waals surface area contributed by atoms with Gasteiger partial charge in [-0.2, -0.15) is 0 Å². The highest BCUT2D eigenvalue weighted by atomic mass is 19.1. The predicted octanol–water partition coefficient (Wildman–Crippen LogP) is 2.37. The summed E-state index contributed by atoms with van der Waals surface area (Å²) in [5, 5.41) is 15.1. The van der Waals surface area contributed by atoms with E-state index in [2.05, 4.69) is 5.32 Å². The normalized spacial score (nSPS) is 21.1. The van der Waals surface area contributed by atoms with E-state index in [9.17, 15) is 23.9 Å². The highest BCUT2D eigenvalue weighted by Gasteiger charge is 2.46. The van der Waals surface area contributed by atoms with Crippen LogP contribution in [0.25, 0.3) is 22.3 Å². The van der Waals surface area contributed by atoms with Crippen LogP contribution in [0.15, 0.2) is 16.9 Å². The summed E-state index contributed by atoms with van der Waals surface area (Å²) in [5.41, 5.74) is 8.16. The molecule has 0 radical (unpaired) electrons. The molecule has 3 aliphatic rings.